The zero-order valence-corrected chi connectivity index (χ0v) is 21.1. The predicted molar refractivity (Wildman–Crippen MR) is 137 cm³/mol. The Labute approximate surface area is 211 Å². The Morgan fingerprint density at radius 1 is 0.917 bits per heavy atom. The number of nitrogens with one attached hydrogen (secondary N) is 3. The molecule has 0 heterocycles. The van der Waals surface area contributed by atoms with Gasteiger partial charge in [-0.3, -0.25) is 24.2 Å². The van der Waals surface area contributed by atoms with E-state index in [2.05, 4.69) is 20.9 Å². The molecule has 10 N–H and O–H groups in total. The second-order valence-electron chi connectivity index (χ2n) is 9.07. The van der Waals surface area contributed by atoms with Crippen molar-refractivity contribution in [2.75, 3.05) is 6.54 Å². The molecule has 0 saturated carbocycles. The highest BCUT2D eigenvalue weighted by atomic mass is 16.4. The summed E-state index contributed by atoms with van der Waals surface area (Å²) in [5.74, 6) is -2.90. The van der Waals surface area contributed by atoms with Crippen molar-refractivity contribution in [2.24, 2.45) is 28.1 Å². The van der Waals surface area contributed by atoms with Gasteiger partial charge in [0.25, 0.3) is 0 Å². The van der Waals surface area contributed by atoms with E-state index in [9.17, 15) is 19.2 Å². The Balaban J connectivity index is 3.07. The summed E-state index contributed by atoms with van der Waals surface area (Å²) in [6.45, 7) is 5.40. The third kappa shape index (κ3) is 11.6. The number of benzene rings is 1. The van der Waals surface area contributed by atoms with Gasteiger partial charge in [-0.1, -0.05) is 44.2 Å². The van der Waals surface area contributed by atoms with Crippen LogP contribution in [0.1, 0.15) is 45.6 Å². The second kappa shape index (κ2) is 15.4. The molecule has 1 aromatic carbocycles. The Morgan fingerprint density at radius 2 is 1.50 bits per heavy atom. The number of aliphatic carboxylic acids is 1. The lowest BCUT2D eigenvalue weighted by Crippen LogP contribution is -2.57. The molecule has 3 amide bonds. The van der Waals surface area contributed by atoms with Crippen molar-refractivity contribution in [1.82, 2.24) is 16.0 Å². The number of aliphatic imine (C=N–C) groups is 1. The zero-order valence-electron chi connectivity index (χ0n) is 21.1. The van der Waals surface area contributed by atoms with Crippen LogP contribution in [-0.4, -0.2) is 65.5 Å². The number of hydrogen-bond donors (Lipinski definition) is 7. The van der Waals surface area contributed by atoms with Crippen molar-refractivity contribution in [3.63, 3.8) is 0 Å². The first-order chi connectivity index (χ1) is 16.9. The molecule has 4 unspecified atom stereocenters. The largest absolute Gasteiger partial charge is 0.480 e. The number of nitrogens with zero attached hydrogens (tertiary/aromatic N) is 1. The van der Waals surface area contributed by atoms with Gasteiger partial charge in [0.1, 0.15) is 18.1 Å². The van der Waals surface area contributed by atoms with Gasteiger partial charge in [-0.15, -0.1) is 0 Å². The van der Waals surface area contributed by atoms with Crippen molar-refractivity contribution in [3.8, 4) is 0 Å². The number of carboxylic acid groups (broad SMARTS) is 1. The minimum atomic E-state index is -1.22. The number of carbonyl (C=O) groups is 4. The summed E-state index contributed by atoms with van der Waals surface area (Å²) in [6, 6.07) is 5.03. The van der Waals surface area contributed by atoms with Gasteiger partial charge in [0.05, 0.1) is 6.04 Å². The van der Waals surface area contributed by atoms with Crippen LogP contribution in [0.3, 0.4) is 0 Å². The zero-order chi connectivity index (χ0) is 27.3. The summed E-state index contributed by atoms with van der Waals surface area (Å²) in [6.07, 6.45) is 1.08. The first-order valence-electron chi connectivity index (χ1n) is 11.9. The van der Waals surface area contributed by atoms with Gasteiger partial charge >= 0.3 is 5.97 Å². The van der Waals surface area contributed by atoms with Crippen molar-refractivity contribution in [2.45, 2.75) is 70.6 Å². The number of hydrogen-bond acceptors (Lipinski definition) is 6. The van der Waals surface area contributed by atoms with E-state index in [0.29, 0.717) is 12.8 Å². The molecule has 36 heavy (non-hydrogen) atoms. The standard InChI is InChI=1S/C24H39N7O5/c1-14(2)12-17(25)20(32)31-19(13-16-8-5-4-6-9-16)22(34)30-18(10-7-11-28-24(26)27)21(33)29-15(3)23(35)36/h4-6,8-9,14-15,17-19H,7,10-13,25H2,1-3H3,(H,29,33)(H,30,34)(H,31,32)(H,35,36)(H4,26,27,28). The summed E-state index contributed by atoms with van der Waals surface area (Å²) >= 11 is 0. The van der Waals surface area contributed by atoms with E-state index in [-0.39, 0.29) is 31.3 Å². The molecule has 0 saturated heterocycles. The van der Waals surface area contributed by atoms with Gasteiger partial charge in [-0.2, -0.15) is 0 Å². The summed E-state index contributed by atoms with van der Waals surface area (Å²) in [5, 5.41) is 16.8. The molecule has 0 aliphatic carbocycles. The Morgan fingerprint density at radius 3 is 2.06 bits per heavy atom. The molecule has 0 spiro atoms. The first kappa shape index (κ1) is 30.4. The normalized spacial score (nSPS) is 14.1. The van der Waals surface area contributed by atoms with Crippen LogP contribution in [0.2, 0.25) is 0 Å². The highest BCUT2D eigenvalue weighted by Gasteiger charge is 2.29. The molecule has 0 bridgehead atoms. The molecule has 200 valence electrons. The van der Waals surface area contributed by atoms with Crippen LogP contribution in [0, 0.1) is 5.92 Å². The molecule has 12 nitrogen and oxygen atoms in total. The van der Waals surface area contributed by atoms with Crippen molar-refractivity contribution in [1.29, 1.82) is 0 Å². The van der Waals surface area contributed by atoms with Gasteiger partial charge in [0, 0.05) is 13.0 Å². The predicted octanol–water partition coefficient (Wildman–Crippen LogP) is -0.785. The molecule has 1 aromatic rings. The summed E-state index contributed by atoms with van der Waals surface area (Å²) in [7, 11) is 0. The van der Waals surface area contributed by atoms with Gasteiger partial charge in [0.15, 0.2) is 5.96 Å². The molecular weight excluding hydrogens is 466 g/mol. The summed E-state index contributed by atoms with van der Waals surface area (Å²) < 4.78 is 0. The van der Waals surface area contributed by atoms with Gasteiger partial charge in [0.2, 0.25) is 17.7 Å². The monoisotopic (exact) mass is 505 g/mol. The number of carboxylic acids is 1. The molecule has 0 aliphatic heterocycles. The van der Waals surface area contributed by atoms with Crippen LogP contribution in [0.25, 0.3) is 0 Å². The third-order valence-electron chi connectivity index (χ3n) is 5.29. The topological polar surface area (TPSA) is 215 Å². The second-order valence-corrected chi connectivity index (χ2v) is 9.07. The number of nitrogens with two attached hydrogens (primary N) is 3. The maximum atomic E-state index is 13.3. The summed E-state index contributed by atoms with van der Waals surface area (Å²) in [5.41, 5.74) is 17.4. The number of carbonyl (C=O) groups excluding carboxylic acids is 3. The van der Waals surface area contributed by atoms with E-state index in [0.717, 1.165) is 5.56 Å². The van der Waals surface area contributed by atoms with E-state index < -0.39 is 47.9 Å². The highest BCUT2D eigenvalue weighted by Crippen LogP contribution is 2.08. The van der Waals surface area contributed by atoms with Crippen molar-refractivity contribution in [3.05, 3.63) is 35.9 Å². The number of amides is 3. The van der Waals surface area contributed by atoms with Crippen molar-refractivity contribution < 1.29 is 24.3 Å². The summed E-state index contributed by atoms with van der Waals surface area (Å²) in [4.78, 5) is 53.8. The Kier molecular flexibility index (Phi) is 12.9. The fourth-order valence-corrected chi connectivity index (χ4v) is 3.37. The SMILES string of the molecule is CC(C)CC(N)C(=O)NC(Cc1ccccc1)C(=O)NC(CCCN=C(N)N)C(=O)NC(C)C(=O)O. The van der Waals surface area contributed by atoms with E-state index in [1.165, 1.54) is 6.92 Å². The van der Waals surface area contributed by atoms with Gasteiger partial charge in [-0.25, -0.2) is 0 Å². The van der Waals surface area contributed by atoms with Crippen LogP contribution in [-0.2, 0) is 25.6 Å². The molecule has 0 radical (unpaired) electrons. The first-order valence-corrected chi connectivity index (χ1v) is 11.9. The van der Waals surface area contributed by atoms with Crippen LogP contribution in [0.15, 0.2) is 35.3 Å². The fraction of sp³-hybridized carbons (Fsp3) is 0.542. The Bertz CT molecular complexity index is 903. The molecule has 12 heteroatoms. The maximum Gasteiger partial charge on any atom is 0.325 e. The quantitative estimate of drug-likeness (QED) is 0.0908. The van der Waals surface area contributed by atoms with Crippen LogP contribution in [0.4, 0.5) is 0 Å². The molecule has 4 atom stereocenters. The van der Waals surface area contributed by atoms with Gasteiger partial charge < -0.3 is 38.3 Å². The molecular formula is C24H39N7O5. The van der Waals surface area contributed by atoms with E-state index in [4.69, 9.17) is 22.3 Å². The maximum absolute atomic E-state index is 13.3. The lowest BCUT2D eigenvalue weighted by Gasteiger charge is -2.25. The van der Waals surface area contributed by atoms with Crippen LogP contribution in [0.5, 0.6) is 0 Å². The fourth-order valence-electron chi connectivity index (χ4n) is 3.37. The van der Waals surface area contributed by atoms with E-state index in [1.807, 2.05) is 44.2 Å². The van der Waals surface area contributed by atoms with Gasteiger partial charge in [-0.05, 0) is 37.7 Å². The molecule has 0 aromatic heterocycles. The smallest absolute Gasteiger partial charge is 0.325 e. The molecule has 0 fully saturated rings. The van der Waals surface area contributed by atoms with E-state index in [1.54, 1.807) is 0 Å². The average molecular weight is 506 g/mol. The Hall–Kier alpha value is -3.67. The lowest BCUT2D eigenvalue weighted by atomic mass is 10.0. The number of guanidine groups is 1. The minimum absolute atomic E-state index is 0.108. The third-order valence-corrected chi connectivity index (χ3v) is 5.29. The molecule has 0 aliphatic rings. The van der Waals surface area contributed by atoms with E-state index >= 15 is 0 Å². The van der Waals surface area contributed by atoms with Crippen molar-refractivity contribution >= 4 is 29.7 Å². The van der Waals surface area contributed by atoms with Crippen LogP contribution < -0.4 is 33.2 Å². The highest BCUT2D eigenvalue weighted by molar-refractivity contribution is 5.94. The minimum Gasteiger partial charge on any atom is -0.480 e. The lowest BCUT2D eigenvalue weighted by molar-refractivity contribution is -0.141. The number of rotatable bonds is 15. The van der Waals surface area contributed by atoms with Crippen LogP contribution >= 0.6 is 0 Å². The average Bonchev–Trinajstić information content (AvgIpc) is 2.80. The molecule has 1 rings (SSSR count).